The normalized spacial score (nSPS) is 21.3. The molecule has 2 fully saturated rings. The molecule has 5 nitrogen and oxygen atoms in total. The molecule has 0 amide bonds. The van der Waals surface area contributed by atoms with Gasteiger partial charge in [-0.25, -0.2) is 0 Å². The van der Waals surface area contributed by atoms with Crippen LogP contribution < -0.4 is 5.32 Å². The maximum absolute atomic E-state index is 6.16. The van der Waals surface area contributed by atoms with Gasteiger partial charge >= 0.3 is 0 Å². The zero-order valence-corrected chi connectivity index (χ0v) is 21.5. The Kier molecular flexibility index (Phi) is 10.4. The van der Waals surface area contributed by atoms with E-state index in [-0.39, 0.29) is 29.4 Å². The van der Waals surface area contributed by atoms with Crippen LogP contribution in [0.4, 0.5) is 0 Å². The van der Waals surface area contributed by atoms with E-state index in [9.17, 15) is 0 Å². The average Bonchev–Trinajstić information content (AvgIpc) is 2.74. The molecule has 0 aliphatic carbocycles. The third-order valence-electron chi connectivity index (χ3n) is 6.31. The van der Waals surface area contributed by atoms with Crippen LogP contribution in [0.25, 0.3) is 0 Å². The number of rotatable bonds is 6. The number of ether oxygens (including phenoxy) is 2. The number of halogens is 1. The van der Waals surface area contributed by atoms with Gasteiger partial charge in [0.05, 0.1) is 18.8 Å². The van der Waals surface area contributed by atoms with Gasteiger partial charge in [0, 0.05) is 38.7 Å². The summed E-state index contributed by atoms with van der Waals surface area (Å²) in [5.41, 5.74) is 2.78. The first-order valence-electron chi connectivity index (χ1n) is 11.2. The van der Waals surface area contributed by atoms with Gasteiger partial charge < -0.3 is 19.7 Å². The number of hydrogen-bond donors (Lipinski definition) is 1. The molecule has 1 unspecified atom stereocenters. The smallest absolute Gasteiger partial charge is 0.193 e. The van der Waals surface area contributed by atoms with Crippen LogP contribution in [0.15, 0.2) is 29.3 Å². The molecule has 1 N–H and O–H groups in total. The van der Waals surface area contributed by atoms with Gasteiger partial charge in [0.15, 0.2) is 5.96 Å². The Labute approximate surface area is 200 Å². The Morgan fingerprint density at radius 2 is 1.93 bits per heavy atom. The minimum Gasteiger partial charge on any atom is -0.376 e. The number of likely N-dealkylation sites (tertiary alicyclic amines) is 1. The third kappa shape index (κ3) is 7.09. The molecule has 2 heterocycles. The molecule has 0 saturated carbocycles. The summed E-state index contributed by atoms with van der Waals surface area (Å²) in [5, 5.41) is 3.62. The summed E-state index contributed by atoms with van der Waals surface area (Å²) in [7, 11) is 1.88. The summed E-state index contributed by atoms with van der Waals surface area (Å²) in [4.78, 5) is 6.91. The van der Waals surface area contributed by atoms with Crippen molar-refractivity contribution >= 4 is 29.9 Å². The Hall–Kier alpha value is -0.860. The summed E-state index contributed by atoms with van der Waals surface area (Å²) in [6.45, 7) is 11.3. The van der Waals surface area contributed by atoms with Crippen molar-refractivity contribution in [2.24, 2.45) is 4.99 Å². The van der Waals surface area contributed by atoms with E-state index in [4.69, 9.17) is 9.47 Å². The maximum atomic E-state index is 6.16. The molecule has 2 aliphatic heterocycles. The molecule has 6 heteroatoms. The number of aliphatic imine (C=N–C) groups is 1. The van der Waals surface area contributed by atoms with Crippen LogP contribution in [0.2, 0.25) is 0 Å². The van der Waals surface area contributed by atoms with Gasteiger partial charge in [-0.05, 0) is 50.2 Å². The molecule has 0 aromatic heterocycles. The number of aryl methyl sites for hydroxylation is 1. The molecule has 1 aromatic carbocycles. The van der Waals surface area contributed by atoms with Crippen molar-refractivity contribution in [2.45, 2.75) is 70.5 Å². The van der Waals surface area contributed by atoms with E-state index in [1.165, 1.54) is 24.0 Å². The second-order valence-corrected chi connectivity index (χ2v) is 9.11. The van der Waals surface area contributed by atoms with Crippen molar-refractivity contribution in [3.63, 3.8) is 0 Å². The van der Waals surface area contributed by atoms with Crippen molar-refractivity contribution in [1.82, 2.24) is 10.2 Å². The number of guanidine groups is 1. The lowest BCUT2D eigenvalue weighted by molar-refractivity contribution is -0.0721. The molecule has 0 radical (unpaired) electrons. The zero-order valence-electron chi connectivity index (χ0n) is 19.2. The summed E-state index contributed by atoms with van der Waals surface area (Å²) in [6, 6.07) is 8.66. The van der Waals surface area contributed by atoms with E-state index in [1.54, 1.807) is 0 Å². The van der Waals surface area contributed by atoms with Gasteiger partial charge in [0.1, 0.15) is 0 Å². The minimum absolute atomic E-state index is 0. The van der Waals surface area contributed by atoms with Gasteiger partial charge in [-0.1, -0.05) is 38.1 Å². The summed E-state index contributed by atoms with van der Waals surface area (Å²) in [5.74, 6) is 1.00. The van der Waals surface area contributed by atoms with Crippen LogP contribution in [0.5, 0.6) is 0 Å². The Morgan fingerprint density at radius 1 is 1.20 bits per heavy atom. The lowest BCUT2D eigenvalue weighted by Crippen LogP contribution is -2.49. The third-order valence-corrected chi connectivity index (χ3v) is 6.31. The van der Waals surface area contributed by atoms with Crippen molar-refractivity contribution in [3.8, 4) is 0 Å². The van der Waals surface area contributed by atoms with Crippen LogP contribution >= 0.6 is 24.0 Å². The number of benzene rings is 1. The first-order valence-corrected chi connectivity index (χ1v) is 11.2. The van der Waals surface area contributed by atoms with E-state index >= 15 is 0 Å². The Bertz CT molecular complexity index is 666. The maximum Gasteiger partial charge on any atom is 0.193 e. The van der Waals surface area contributed by atoms with E-state index < -0.39 is 0 Å². The quantitative estimate of drug-likeness (QED) is 0.335. The van der Waals surface area contributed by atoms with E-state index in [0.29, 0.717) is 12.2 Å². The fourth-order valence-electron chi connectivity index (χ4n) is 4.48. The van der Waals surface area contributed by atoms with Crippen LogP contribution in [0.3, 0.4) is 0 Å². The molecule has 2 saturated heterocycles. The molecular weight excluding hydrogens is 489 g/mol. The molecule has 3 rings (SSSR count). The standard InChI is InChI=1S/C24H39N3O2.HI/c1-19-9-5-6-11-22(19)24(2,3)18-26-23(25-4)27-14-12-20(13-15-27)29-17-21-10-7-8-16-28-21;/h5-6,9,11,20-21H,7-8,10,12-18H2,1-4H3,(H,25,26);1H. The van der Waals surface area contributed by atoms with Crippen LogP contribution in [0.1, 0.15) is 57.1 Å². The molecule has 1 aromatic rings. The van der Waals surface area contributed by atoms with Gasteiger partial charge in [-0.3, -0.25) is 4.99 Å². The second-order valence-electron chi connectivity index (χ2n) is 9.11. The first kappa shape index (κ1) is 25.4. The number of hydrogen-bond acceptors (Lipinski definition) is 3. The molecule has 1 atom stereocenters. The summed E-state index contributed by atoms with van der Waals surface area (Å²) >= 11 is 0. The predicted octanol–water partition coefficient (Wildman–Crippen LogP) is 4.52. The van der Waals surface area contributed by atoms with Crippen LogP contribution in [-0.4, -0.2) is 63.0 Å². The molecule has 0 bridgehead atoms. The largest absolute Gasteiger partial charge is 0.376 e. The molecule has 0 spiro atoms. The fourth-order valence-corrected chi connectivity index (χ4v) is 4.48. The van der Waals surface area contributed by atoms with Crippen molar-refractivity contribution < 1.29 is 9.47 Å². The van der Waals surface area contributed by atoms with Gasteiger partial charge in [0.25, 0.3) is 0 Å². The van der Waals surface area contributed by atoms with Crippen molar-refractivity contribution in [1.29, 1.82) is 0 Å². The van der Waals surface area contributed by atoms with E-state index in [0.717, 1.165) is 58.1 Å². The second kappa shape index (κ2) is 12.2. The Balaban J connectivity index is 0.00000320. The highest BCUT2D eigenvalue weighted by molar-refractivity contribution is 14.0. The molecule has 30 heavy (non-hydrogen) atoms. The fraction of sp³-hybridized carbons (Fsp3) is 0.708. The zero-order chi connectivity index (χ0) is 20.7. The summed E-state index contributed by atoms with van der Waals surface area (Å²) in [6.07, 6.45) is 6.36. The van der Waals surface area contributed by atoms with Gasteiger partial charge in [-0.15, -0.1) is 24.0 Å². The van der Waals surface area contributed by atoms with E-state index in [2.05, 4.69) is 60.2 Å². The van der Waals surface area contributed by atoms with Crippen LogP contribution in [-0.2, 0) is 14.9 Å². The monoisotopic (exact) mass is 529 g/mol. The number of nitrogens with zero attached hydrogens (tertiary/aromatic N) is 2. The topological polar surface area (TPSA) is 46.1 Å². The Morgan fingerprint density at radius 3 is 2.57 bits per heavy atom. The van der Waals surface area contributed by atoms with E-state index in [1.807, 2.05) is 7.05 Å². The van der Waals surface area contributed by atoms with Gasteiger partial charge in [0.2, 0.25) is 0 Å². The lowest BCUT2D eigenvalue weighted by Gasteiger charge is -2.36. The summed E-state index contributed by atoms with van der Waals surface area (Å²) < 4.78 is 11.9. The predicted molar refractivity (Wildman–Crippen MR) is 135 cm³/mol. The average molecular weight is 530 g/mol. The molecule has 2 aliphatic rings. The minimum atomic E-state index is 0. The molecular formula is C24H40IN3O2. The highest BCUT2D eigenvalue weighted by atomic mass is 127. The number of piperidine rings is 1. The molecule has 170 valence electrons. The van der Waals surface area contributed by atoms with Crippen LogP contribution in [0, 0.1) is 6.92 Å². The highest BCUT2D eigenvalue weighted by Crippen LogP contribution is 2.25. The highest BCUT2D eigenvalue weighted by Gasteiger charge is 2.26. The first-order chi connectivity index (χ1) is 14.0. The SMILES string of the molecule is CN=C(NCC(C)(C)c1ccccc1C)N1CCC(OCC2CCCCO2)CC1.I. The van der Waals surface area contributed by atoms with Gasteiger partial charge in [-0.2, -0.15) is 0 Å². The lowest BCUT2D eigenvalue weighted by atomic mass is 9.82. The number of nitrogens with one attached hydrogen (secondary N) is 1. The van der Waals surface area contributed by atoms with Crippen molar-refractivity contribution in [2.75, 3.05) is 39.9 Å². The van der Waals surface area contributed by atoms with Crippen molar-refractivity contribution in [3.05, 3.63) is 35.4 Å².